The van der Waals surface area contributed by atoms with Gasteiger partial charge in [-0.25, -0.2) is 0 Å². The number of hydrogen-bond acceptors (Lipinski definition) is 1. The van der Waals surface area contributed by atoms with Crippen LogP contribution in [-0.2, 0) is 0 Å². The fraction of sp³-hybridized carbons (Fsp3) is 0.429. The summed E-state index contributed by atoms with van der Waals surface area (Å²) < 4.78 is 1.28. The van der Waals surface area contributed by atoms with Crippen molar-refractivity contribution in [3.05, 3.63) is 44.0 Å². The van der Waals surface area contributed by atoms with Crippen molar-refractivity contribution < 1.29 is 0 Å². The Hall–Kier alpha value is -0.0600. The van der Waals surface area contributed by atoms with Gasteiger partial charge in [0, 0.05) is 8.59 Å². The SMILES string of the molecule is CCNC(C1=CCCC1)c1cc(Cl)ccc1I. The minimum atomic E-state index is 0.341. The molecule has 0 saturated heterocycles. The van der Waals surface area contributed by atoms with Gasteiger partial charge in [-0.1, -0.05) is 30.2 Å². The third-order valence-electron chi connectivity index (χ3n) is 3.12. The number of halogens is 2. The zero-order chi connectivity index (χ0) is 12.3. The lowest BCUT2D eigenvalue weighted by molar-refractivity contribution is 0.603. The van der Waals surface area contributed by atoms with Crippen molar-refractivity contribution in [3.63, 3.8) is 0 Å². The lowest BCUT2D eigenvalue weighted by Crippen LogP contribution is -2.23. The van der Waals surface area contributed by atoms with Crippen LogP contribution in [0.1, 0.15) is 37.8 Å². The third kappa shape index (κ3) is 3.24. The molecule has 92 valence electrons. The van der Waals surface area contributed by atoms with E-state index >= 15 is 0 Å². The summed E-state index contributed by atoms with van der Waals surface area (Å²) in [7, 11) is 0. The van der Waals surface area contributed by atoms with Gasteiger partial charge in [-0.2, -0.15) is 0 Å². The zero-order valence-corrected chi connectivity index (χ0v) is 12.9. The predicted octanol–water partition coefficient (Wildman–Crippen LogP) is 4.71. The molecule has 0 aliphatic heterocycles. The Balaban J connectivity index is 2.34. The van der Waals surface area contributed by atoms with Gasteiger partial charge >= 0.3 is 0 Å². The van der Waals surface area contributed by atoms with Crippen LogP contribution in [0.2, 0.25) is 5.02 Å². The van der Waals surface area contributed by atoms with E-state index in [0.29, 0.717) is 6.04 Å². The highest BCUT2D eigenvalue weighted by Crippen LogP contribution is 2.34. The molecule has 17 heavy (non-hydrogen) atoms. The first-order chi connectivity index (χ1) is 8.22. The van der Waals surface area contributed by atoms with E-state index in [2.05, 4.69) is 53.0 Å². The highest BCUT2D eigenvalue weighted by atomic mass is 127. The first-order valence-electron chi connectivity index (χ1n) is 6.09. The number of likely N-dealkylation sites (N-methyl/N-ethyl adjacent to an activating group) is 1. The van der Waals surface area contributed by atoms with E-state index in [0.717, 1.165) is 11.6 Å². The van der Waals surface area contributed by atoms with E-state index in [4.69, 9.17) is 11.6 Å². The van der Waals surface area contributed by atoms with Crippen LogP contribution < -0.4 is 5.32 Å². The highest BCUT2D eigenvalue weighted by molar-refractivity contribution is 14.1. The summed E-state index contributed by atoms with van der Waals surface area (Å²) >= 11 is 8.51. The molecule has 1 aromatic rings. The Bertz CT molecular complexity index is 428. The fourth-order valence-corrected chi connectivity index (χ4v) is 3.17. The molecule has 1 atom stereocenters. The fourth-order valence-electron chi connectivity index (χ4n) is 2.34. The standard InChI is InChI=1S/C14H17ClIN/c1-2-17-14(10-5-3-4-6-10)12-9-11(15)7-8-13(12)16/h5,7-9,14,17H,2-4,6H2,1H3. The molecule has 1 N–H and O–H groups in total. The van der Waals surface area contributed by atoms with Gasteiger partial charge in [0.25, 0.3) is 0 Å². The van der Waals surface area contributed by atoms with E-state index < -0.39 is 0 Å². The van der Waals surface area contributed by atoms with Crippen LogP contribution in [0.5, 0.6) is 0 Å². The van der Waals surface area contributed by atoms with Gasteiger partial charge < -0.3 is 5.32 Å². The van der Waals surface area contributed by atoms with E-state index in [1.165, 1.54) is 34.0 Å². The van der Waals surface area contributed by atoms with E-state index in [9.17, 15) is 0 Å². The van der Waals surface area contributed by atoms with Gasteiger partial charge in [0.2, 0.25) is 0 Å². The van der Waals surface area contributed by atoms with Crippen LogP contribution in [0.25, 0.3) is 0 Å². The van der Waals surface area contributed by atoms with Crippen molar-refractivity contribution in [1.29, 1.82) is 0 Å². The predicted molar refractivity (Wildman–Crippen MR) is 82.5 cm³/mol. The van der Waals surface area contributed by atoms with Gasteiger partial charge in [-0.3, -0.25) is 0 Å². The summed E-state index contributed by atoms with van der Waals surface area (Å²) in [5.74, 6) is 0. The second-order valence-electron chi connectivity index (χ2n) is 4.33. The minimum Gasteiger partial charge on any atom is -0.307 e. The first kappa shape index (κ1) is 13.4. The molecule has 1 unspecified atom stereocenters. The maximum atomic E-state index is 6.12. The van der Waals surface area contributed by atoms with Gasteiger partial charge in [0.05, 0.1) is 6.04 Å². The number of nitrogens with one attached hydrogen (secondary N) is 1. The summed E-state index contributed by atoms with van der Waals surface area (Å²) in [5.41, 5.74) is 2.83. The molecular weight excluding hydrogens is 345 g/mol. The van der Waals surface area contributed by atoms with Crippen LogP contribution >= 0.6 is 34.2 Å². The van der Waals surface area contributed by atoms with Crippen molar-refractivity contribution in [3.8, 4) is 0 Å². The van der Waals surface area contributed by atoms with Crippen molar-refractivity contribution in [2.45, 2.75) is 32.2 Å². The third-order valence-corrected chi connectivity index (χ3v) is 4.34. The number of rotatable bonds is 4. The molecule has 1 aromatic carbocycles. The summed E-state index contributed by atoms with van der Waals surface area (Å²) in [5, 5.41) is 4.40. The summed E-state index contributed by atoms with van der Waals surface area (Å²) in [6.45, 7) is 3.13. The molecule has 1 nitrogen and oxygen atoms in total. The molecular formula is C14H17ClIN. The molecule has 1 aliphatic rings. The smallest absolute Gasteiger partial charge is 0.0547 e. The molecule has 0 spiro atoms. The average Bonchev–Trinajstić information content (AvgIpc) is 2.83. The Kier molecular flexibility index (Phi) is 4.88. The number of allylic oxidation sites excluding steroid dienone is 1. The number of benzene rings is 1. The molecule has 0 saturated carbocycles. The molecule has 0 amide bonds. The van der Waals surface area contributed by atoms with Crippen LogP contribution in [-0.4, -0.2) is 6.54 Å². The summed E-state index contributed by atoms with van der Waals surface area (Å²) in [6, 6.07) is 6.49. The summed E-state index contributed by atoms with van der Waals surface area (Å²) in [4.78, 5) is 0. The van der Waals surface area contributed by atoms with E-state index in [1.54, 1.807) is 0 Å². The maximum absolute atomic E-state index is 6.12. The molecule has 0 heterocycles. The topological polar surface area (TPSA) is 12.0 Å². The quantitative estimate of drug-likeness (QED) is 0.605. The maximum Gasteiger partial charge on any atom is 0.0547 e. The van der Waals surface area contributed by atoms with E-state index in [-0.39, 0.29) is 0 Å². The van der Waals surface area contributed by atoms with Gasteiger partial charge in [0.15, 0.2) is 0 Å². The molecule has 3 heteroatoms. The largest absolute Gasteiger partial charge is 0.307 e. The van der Waals surface area contributed by atoms with Gasteiger partial charge in [-0.05, 0) is 72.2 Å². The van der Waals surface area contributed by atoms with Crippen molar-refractivity contribution >= 4 is 34.2 Å². The second kappa shape index (κ2) is 6.21. The average molecular weight is 362 g/mol. The van der Waals surface area contributed by atoms with Gasteiger partial charge in [-0.15, -0.1) is 0 Å². The molecule has 0 fully saturated rings. The highest BCUT2D eigenvalue weighted by Gasteiger charge is 2.20. The number of hydrogen-bond donors (Lipinski definition) is 1. The normalized spacial score (nSPS) is 17.0. The monoisotopic (exact) mass is 361 g/mol. The van der Waals surface area contributed by atoms with Crippen LogP contribution in [0, 0.1) is 3.57 Å². The van der Waals surface area contributed by atoms with Crippen LogP contribution in [0.15, 0.2) is 29.8 Å². The van der Waals surface area contributed by atoms with E-state index in [1.807, 2.05) is 6.07 Å². The lowest BCUT2D eigenvalue weighted by atomic mass is 9.98. The molecule has 0 radical (unpaired) electrons. The Labute approximate surface area is 122 Å². The minimum absolute atomic E-state index is 0.341. The van der Waals surface area contributed by atoms with Crippen LogP contribution in [0.3, 0.4) is 0 Å². The Morgan fingerprint density at radius 3 is 2.94 bits per heavy atom. The summed E-state index contributed by atoms with van der Waals surface area (Å²) in [6.07, 6.45) is 6.09. The molecule has 0 aromatic heterocycles. The second-order valence-corrected chi connectivity index (χ2v) is 5.93. The van der Waals surface area contributed by atoms with Gasteiger partial charge in [0.1, 0.15) is 0 Å². The van der Waals surface area contributed by atoms with Crippen molar-refractivity contribution in [2.75, 3.05) is 6.54 Å². The first-order valence-corrected chi connectivity index (χ1v) is 7.55. The van der Waals surface area contributed by atoms with Crippen molar-refractivity contribution in [2.24, 2.45) is 0 Å². The van der Waals surface area contributed by atoms with Crippen LogP contribution in [0.4, 0.5) is 0 Å². The lowest BCUT2D eigenvalue weighted by Gasteiger charge is -2.21. The molecule has 2 rings (SSSR count). The Morgan fingerprint density at radius 2 is 2.29 bits per heavy atom. The van der Waals surface area contributed by atoms with Crippen molar-refractivity contribution in [1.82, 2.24) is 5.32 Å². The molecule has 1 aliphatic carbocycles. The molecule has 0 bridgehead atoms. The zero-order valence-electron chi connectivity index (χ0n) is 9.97. The Morgan fingerprint density at radius 1 is 1.47 bits per heavy atom.